The van der Waals surface area contributed by atoms with E-state index in [1.807, 2.05) is 0 Å². The average Bonchev–Trinajstić information content (AvgIpc) is 2.47. The molecule has 68 valence electrons. The second kappa shape index (κ2) is 2.59. The summed E-state index contributed by atoms with van der Waals surface area (Å²) in [5, 5.41) is 7.20. The highest BCUT2D eigenvalue weighted by Crippen LogP contribution is 2.31. The molecular formula is C5H5N4O3P. The Morgan fingerprint density at radius 3 is 2.85 bits per heavy atom. The lowest BCUT2D eigenvalue weighted by Crippen LogP contribution is -2.14. The van der Waals surface area contributed by atoms with Crippen LogP contribution in [-0.4, -0.2) is 30.0 Å². The van der Waals surface area contributed by atoms with Gasteiger partial charge in [-0.15, -0.1) is 5.10 Å². The summed E-state index contributed by atoms with van der Waals surface area (Å²) in [6.07, 6.45) is 2.63. The molecule has 0 saturated heterocycles. The highest BCUT2D eigenvalue weighted by molar-refractivity contribution is 7.59. The van der Waals surface area contributed by atoms with Crippen LogP contribution in [0.15, 0.2) is 12.4 Å². The molecule has 0 spiro atoms. The molecule has 0 aromatic carbocycles. The number of nitrogens with one attached hydrogen (secondary N) is 1. The first-order valence-corrected chi connectivity index (χ1v) is 4.91. The zero-order chi connectivity index (χ0) is 9.47. The summed E-state index contributed by atoms with van der Waals surface area (Å²) in [5.41, 5.74) is 0.542. The van der Waals surface area contributed by atoms with Gasteiger partial charge in [0.1, 0.15) is 5.69 Å². The lowest BCUT2D eigenvalue weighted by molar-refractivity contribution is 0.385. The van der Waals surface area contributed by atoms with Crippen molar-refractivity contribution >= 4 is 13.2 Å². The van der Waals surface area contributed by atoms with Crippen molar-refractivity contribution < 1.29 is 14.4 Å². The lowest BCUT2D eigenvalue weighted by Gasteiger charge is -2.03. The van der Waals surface area contributed by atoms with Crippen molar-refractivity contribution in [3.8, 4) is 11.4 Å². The molecule has 2 aliphatic heterocycles. The average molecular weight is 200 g/mol. The Kier molecular flexibility index (Phi) is 1.66. The van der Waals surface area contributed by atoms with Crippen LogP contribution < -0.4 is 5.57 Å². The Bertz CT molecular complexity index is 449. The molecule has 0 radical (unpaired) electrons. The van der Waals surface area contributed by atoms with Crippen LogP contribution in [0.1, 0.15) is 0 Å². The van der Waals surface area contributed by atoms with Crippen molar-refractivity contribution in [1.82, 2.24) is 20.2 Å². The Balaban J connectivity index is 2.63. The summed E-state index contributed by atoms with van der Waals surface area (Å²) in [5.74, 6) is 0. The Labute approximate surface area is 72.4 Å². The summed E-state index contributed by atoms with van der Waals surface area (Å²) in [6.45, 7) is 0. The number of H-pyrrole nitrogens is 1. The quantitative estimate of drug-likeness (QED) is 0.514. The molecule has 0 atom stereocenters. The van der Waals surface area contributed by atoms with Crippen LogP contribution in [0.3, 0.4) is 0 Å². The van der Waals surface area contributed by atoms with Crippen molar-refractivity contribution in [2.24, 2.45) is 0 Å². The zero-order valence-corrected chi connectivity index (χ0v) is 7.14. The molecule has 0 aliphatic carbocycles. The molecular weight excluding hydrogens is 195 g/mol. The van der Waals surface area contributed by atoms with Gasteiger partial charge in [0.05, 0.1) is 18.1 Å². The maximum atomic E-state index is 10.8. The van der Waals surface area contributed by atoms with Gasteiger partial charge in [0.25, 0.3) is 0 Å². The van der Waals surface area contributed by atoms with Crippen LogP contribution >= 0.6 is 7.60 Å². The number of hydrogen-bond donors (Lipinski definition) is 3. The number of hydrogen-bond acceptors (Lipinski definition) is 4. The molecule has 0 amide bonds. The van der Waals surface area contributed by atoms with Crippen LogP contribution in [0.5, 0.6) is 0 Å². The van der Waals surface area contributed by atoms with Crippen LogP contribution in [0, 0.1) is 0 Å². The fourth-order valence-corrected chi connectivity index (χ4v) is 1.36. The van der Waals surface area contributed by atoms with Gasteiger partial charge >= 0.3 is 7.60 Å². The Hall–Kier alpha value is -1.30. The predicted molar refractivity (Wildman–Crippen MR) is 42.5 cm³/mol. The van der Waals surface area contributed by atoms with Gasteiger partial charge in [-0.2, -0.15) is 5.10 Å². The van der Waals surface area contributed by atoms with Crippen molar-refractivity contribution in [2.45, 2.75) is 0 Å². The summed E-state index contributed by atoms with van der Waals surface area (Å²) in [6, 6.07) is 0. The molecule has 0 saturated carbocycles. The van der Waals surface area contributed by atoms with E-state index in [-0.39, 0.29) is 5.57 Å². The van der Waals surface area contributed by atoms with Crippen LogP contribution in [-0.2, 0) is 4.57 Å². The van der Waals surface area contributed by atoms with Crippen LogP contribution in [0.25, 0.3) is 11.4 Å². The van der Waals surface area contributed by atoms with Gasteiger partial charge in [-0.05, 0) is 0 Å². The van der Waals surface area contributed by atoms with E-state index in [4.69, 9.17) is 9.79 Å². The molecule has 7 nitrogen and oxygen atoms in total. The molecule has 0 unspecified atom stereocenters. The van der Waals surface area contributed by atoms with E-state index in [0.29, 0.717) is 11.4 Å². The second-order valence-electron chi connectivity index (χ2n) is 2.39. The van der Waals surface area contributed by atoms with E-state index < -0.39 is 7.60 Å². The summed E-state index contributed by atoms with van der Waals surface area (Å²) in [4.78, 5) is 23.5. The minimum Gasteiger partial charge on any atom is -0.330 e. The Morgan fingerprint density at radius 1 is 1.38 bits per heavy atom. The Morgan fingerprint density at radius 2 is 2.15 bits per heavy atom. The van der Waals surface area contributed by atoms with Gasteiger partial charge in [-0.1, -0.05) is 0 Å². The first kappa shape index (κ1) is 8.31. The minimum atomic E-state index is -4.32. The van der Waals surface area contributed by atoms with E-state index in [0.717, 1.165) is 0 Å². The number of nitrogens with zero attached hydrogens (tertiary/aromatic N) is 3. The second-order valence-corrected chi connectivity index (χ2v) is 3.91. The molecule has 2 aliphatic rings. The first-order chi connectivity index (χ1) is 6.07. The van der Waals surface area contributed by atoms with E-state index in [1.54, 1.807) is 0 Å². The number of fused-ring (bicyclic) bond motifs is 1. The van der Waals surface area contributed by atoms with Gasteiger partial charge < -0.3 is 14.8 Å². The maximum Gasteiger partial charge on any atom is 0.391 e. The summed E-state index contributed by atoms with van der Waals surface area (Å²) < 4.78 is 10.8. The van der Waals surface area contributed by atoms with Crippen LogP contribution in [0.4, 0.5) is 0 Å². The first-order valence-electron chi connectivity index (χ1n) is 3.30. The predicted octanol–water partition coefficient (Wildman–Crippen LogP) is -0.893. The fraction of sp³-hybridized carbons (Fsp3) is 0. The van der Waals surface area contributed by atoms with Crippen molar-refractivity contribution in [1.29, 1.82) is 0 Å². The standard InChI is InChI=1S/C5H5N4O3P/c10-13(11,12)5-6-1-4-3(8-5)2-7-9-4/h1-2H,(H,6,8)(H2,10,11,12). The van der Waals surface area contributed by atoms with Crippen LogP contribution in [0.2, 0.25) is 0 Å². The molecule has 2 rings (SSSR count). The molecule has 3 N–H and O–H groups in total. The monoisotopic (exact) mass is 200 g/mol. The summed E-state index contributed by atoms with van der Waals surface area (Å²) >= 11 is 0. The highest BCUT2D eigenvalue weighted by Gasteiger charge is 2.21. The third-order valence-electron chi connectivity index (χ3n) is 1.46. The molecule has 13 heavy (non-hydrogen) atoms. The van der Waals surface area contributed by atoms with Gasteiger partial charge in [0, 0.05) is 0 Å². The number of aromatic nitrogens is 4. The van der Waals surface area contributed by atoms with E-state index in [2.05, 4.69) is 20.2 Å². The lowest BCUT2D eigenvalue weighted by atomic mass is 10.4. The van der Waals surface area contributed by atoms with E-state index in [9.17, 15) is 4.57 Å². The van der Waals surface area contributed by atoms with Gasteiger partial charge in [0.2, 0.25) is 5.57 Å². The van der Waals surface area contributed by atoms with E-state index in [1.165, 1.54) is 12.4 Å². The fourth-order valence-electron chi connectivity index (χ4n) is 0.884. The molecule has 0 aromatic heterocycles. The zero-order valence-electron chi connectivity index (χ0n) is 6.25. The molecule has 0 aromatic rings. The highest BCUT2D eigenvalue weighted by atomic mass is 31.2. The van der Waals surface area contributed by atoms with E-state index >= 15 is 0 Å². The topological polar surface area (TPSA) is 112 Å². The molecule has 0 fully saturated rings. The maximum absolute atomic E-state index is 10.8. The third-order valence-corrected chi connectivity index (χ3v) is 2.24. The van der Waals surface area contributed by atoms with Gasteiger partial charge in [-0.3, -0.25) is 4.57 Å². The summed E-state index contributed by atoms with van der Waals surface area (Å²) in [7, 11) is -4.32. The normalized spacial score (nSPS) is 12.2. The molecule has 8 heteroatoms. The molecule has 0 bridgehead atoms. The van der Waals surface area contributed by atoms with Gasteiger partial charge in [0.15, 0.2) is 0 Å². The third kappa shape index (κ3) is 1.44. The van der Waals surface area contributed by atoms with Crippen molar-refractivity contribution in [2.75, 3.05) is 0 Å². The SMILES string of the molecule is O=P(O)(O)c1ncc2nncc-2[nH]1. The smallest absolute Gasteiger partial charge is 0.330 e. The largest absolute Gasteiger partial charge is 0.391 e. The van der Waals surface area contributed by atoms with Crippen molar-refractivity contribution in [3.05, 3.63) is 12.4 Å². The van der Waals surface area contributed by atoms with Crippen molar-refractivity contribution in [3.63, 3.8) is 0 Å². The minimum absolute atomic E-state index is 0.380. The number of rotatable bonds is 1. The number of aromatic amines is 1. The van der Waals surface area contributed by atoms with Gasteiger partial charge in [-0.25, -0.2) is 4.98 Å². The molecule has 2 heterocycles.